The highest BCUT2D eigenvalue weighted by atomic mass is 35.5. The van der Waals surface area contributed by atoms with Crippen LogP contribution in [-0.2, 0) is 0 Å². The van der Waals surface area contributed by atoms with Crippen LogP contribution in [0.5, 0.6) is 0 Å². The minimum atomic E-state index is -0.0769. The van der Waals surface area contributed by atoms with E-state index in [9.17, 15) is 4.79 Å². The van der Waals surface area contributed by atoms with Gasteiger partial charge in [-0.05, 0) is 37.3 Å². The number of amides is 1. The number of rotatable bonds is 3. The third kappa shape index (κ3) is 3.25. The van der Waals surface area contributed by atoms with E-state index in [4.69, 9.17) is 16.0 Å². The zero-order chi connectivity index (χ0) is 18.1. The topological polar surface area (TPSA) is 63.3 Å². The lowest BCUT2D eigenvalue weighted by Crippen LogP contribution is -2.51. The summed E-state index contributed by atoms with van der Waals surface area (Å²) in [5.41, 5.74) is 1.88. The van der Waals surface area contributed by atoms with Crippen LogP contribution in [0.3, 0.4) is 0 Å². The van der Waals surface area contributed by atoms with Crippen LogP contribution in [0, 0.1) is 0 Å². The van der Waals surface area contributed by atoms with E-state index < -0.39 is 0 Å². The predicted molar refractivity (Wildman–Crippen MR) is 99.6 cm³/mol. The van der Waals surface area contributed by atoms with Crippen LogP contribution in [0.4, 0.5) is 0 Å². The maximum absolute atomic E-state index is 12.9. The molecular weight excluding hydrogens is 352 g/mol. The average Bonchev–Trinajstić information content (AvgIpc) is 3.30. The number of nitrogens with one attached hydrogen (secondary N) is 1. The smallest absolute Gasteiger partial charge is 0.274 e. The zero-order valence-electron chi connectivity index (χ0n) is 14.4. The van der Waals surface area contributed by atoms with Gasteiger partial charge in [-0.3, -0.25) is 4.79 Å². The van der Waals surface area contributed by atoms with Gasteiger partial charge in [-0.25, -0.2) is 4.68 Å². The molecule has 1 unspecified atom stereocenters. The Hall–Kier alpha value is -2.57. The first-order chi connectivity index (χ1) is 12.6. The number of hydrogen-bond acceptors (Lipinski definition) is 4. The maximum Gasteiger partial charge on any atom is 0.274 e. The molecular formula is C19H19ClN4O2. The molecule has 1 amide bonds. The molecule has 1 aromatic carbocycles. The first-order valence-corrected chi connectivity index (χ1v) is 8.92. The number of hydrogen-bond donors (Lipinski definition) is 1. The highest BCUT2D eigenvalue weighted by molar-refractivity contribution is 6.30. The summed E-state index contributed by atoms with van der Waals surface area (Å²) in [6.45, 7) is 4.19. The van der Waals surface area contributed by atoms with Gasteiger partial charge in [0, 0.05) is 36.8 Å². The van der Waals surface area contributed by atoms with Crippen LogP contribution in [0.15, 0.2) is 53.1 Å². The summed E-state index contributed by atoms with van der Waals surface area (Å²) in [6, 6.07) is 13.1. The van der Waals surface area contributed by atoms with Crippen molar-refractivity contribution >= 4 is 17.5 Å². The molecule has 3 heterocycles. The van der Waals surface area contributed by atoms with Gasteiger partial charge in [0.15, 0.2) is 11.5 Å². The molecule has 1 aliphatic rings. The molecule has 2 aromatic heterocycles. The predicted octanol–water partition coefficient (Wildman–Crippen LogP) is 3.22. The molecule has 1 N–H and O–H groups in total. The van der Waals surface area contributed by atoms with Gasteiger partial charge in [0.25, 0.3) is 5.91 Å². The van der Waals surface area contributed by atoms with Crippen LogP contribution < -0.4 is 5.32 Å². The fraction of sp³-hybridized carbons (Fsp3) is 0.263. The standard InChI is InChI=1S/C19H19ClN4O2/c1-13-12-23(8-7-21-13)19(25)16-11-17(18-6-3-9-26-18)24(22-16)15-5-2-4-14(20)10-15/h2-6,9-11,13,21H,7-8,12H2,1H3. The molecule has 1 fully saturated rings. The number of aromatic nitrogens is 2. The van der Waals surface area contributed by atoms with Crippen molar-refractivity contribution in [2.75, 3.05) is 19.6 Å². The number of nitrogens with zero attached hydrogens (tertiary/aromatic N) is 3. The lowest BCUT2D eigenvalue weighted by atomic mass is 10.2. The summed E-state index contributed by atoms with van der Waals surface area (Å²) in [5.74, 6) is 0.567. The summed E-state index contributed by atoms with van der Waals surface area (Å²) in [5, 5.41) is 8.51. The number of halogens is 1. The molecule has 6 nitrogen and oxygen atoms in total. The Morgan fingerprint density at radius 1 is 1.31 bits per heavy atom. The Bertz CT molecular complexity index is 920. The van der Waals surface area contributed by atoms with Crippen molar-refractivity contribution in [3.05, 3.63) is 59.4 Å². The molecule has 0 aliphatic carbocycles. The fourth-order valence-corrected chi connectivity index (χ4v) is 3.35. The van der Waals surface area contributed by atoms with Crippen LogP contribution in [0.25, 0.3) is 17.1 Å². The highest BCUT2D eigenvalue weighted by Gasteiger charge is 2.25. The Balaban J connectivity index is 1.75. The molecule has 1 saturated heterocycles. The maximum atomic E-state index is 12.9. The highest BCUT2D eigenvalue weighted by Crippen LogP contribution is 2.26. The number of piperazine rings is 1. The van der Waals surface area contributed by atoms with Gasteiger partial charge in [-0.15, -0.1) is 0 Å². The summed E-state index contributed by atoms with van der Waals surface area (Å²) in [7, 11) is 0. The molecule has 1 aliphatic heterocycles. The summed E-state index contributed by atoms with van der Waals surface area (Å²) < 4.78 is 7.24. The Labute approximate surface area is 156 Å². The third-order valence-corrected chi connectivity index (χ3v) is 4.65. The van der Waals surface area contributed by atoms with Crippen molar-refractivity contribution in [3.63, 3.8) is 0 Å². The number of furan rings is 1. The van der Waals surface area contributed by atoms with Crippen LogP contribution in [0.2, 0.25) is 5.02 Å². The molecule has 26 heavy (non-hydrogen) atoms. The minimum absolute atomic E-state index is 0.0769. The average molecular weight is 371 g/mol. The summed E-state index contributed by atoms with van der Waals surface area (Å²) in [4.78, 5) is 14.8. The van der Waals surface area contributed by atoms with Gasteiger partial charge < -0.3 is 14.6 Å². The zero-order valence-corrected chi connectivity index (χ0v) is 15.1. The molecule has 0 radical (unpaired) electrons. The second-order valence-corrected chi connectivity index (χ2v) is 6.83. The van der Waals surface area contributed by atoms with Crippen molar-refractivity contribution in [1.29, 1.82) is 0 Å². The van der Waals surface area contributed by atoms with E-state index in [-0.39, 0.29) is 11.9 Å². The van der Waals surface area contributed by atoms with Gasteiger partial charge in [0.2, 0.25) is 0 Å². The van der Waals surface area contributed by atoms with Gasteiger partial charge in [0.1, 0.15) is 5.69 Å². The molecule has 0 spiro atoms. The van der Waals surface area contributed by atoms with Gasteiger partial charge in [-0.2, -0.15) is 5.10 Å². The molecule has 3 aromatic rings. The van der Waals surface area contributed by atoms with Gasteiger partial charge in [0.05, 0.1) is 12.0 Å². The number of benzene rings is 1. The van der Waals surface area contributed by atoms with E-state index in [0.29, 0.717) is 35.3 Å². The lowest BCUT2D eigenvalue weighted by molar-refractivity contribution is 0.0702. The normalized spacial score (nSPS) is 17.5. The number of carbonyl (C=O) groups excluding carboxylic acids is 1. The quantitative estimate of drug-likeness (QED) is 0.768. The molecule has 0 bridgehead atoms. The van der Waals surface area contributed by atoms with E-state index in [1.807, 2.05) is 35.2 Å². The Morgan fingerprint density at radius 2 is 2.19 bits per heavy atom. The van der Waals surface area contributed by atoms with Crippen LogP contribution >= 0.6 is 11.6 Å². The van der Waals surface area contributed by atoms with E-state index in [2.05, 4.69) is 17.3 Å². The molecule has 7 heteroatoms. The number of carbonyl (C=O) groups is 1. The van der Waals surface area contributed by atoms with Crippen molar-refractivity contribution in [2.45, 2.75) is 13.0 Å². The van der Waals surface area contributed by atoms with E-state index in [0.717, 1.165) is 12.2 Å². The molecule has 134 valence electrons. The Morgan fingerprint density at radius 3 is 2.92 bits per heavy atom. The van der Waals surface area contributed by atoms with E-state index in [1.165, 1.54) is 0 Å². The second-order valence-electron chi connectivity index (χ2n) is 6.39. The molecule has 1 atom stereocenters. The SMILES string of the molecule is CC1CN(C(=O)c2cc(-c3ccco3)n(-c3cccc(Cl)c3)n2)CCN1. The monoisotopic (exact) mass is 370 g/mol. The molecule has 0 saturated carbocycles. The lowest BCUT2D eigenvalue weighted by Gasteiger charge is -2.31. The first-order valence-electron chi connectivity index (χ1n) is 8.54. The summed E-state index contributed by atoms with van der Waals surface area (Å²) >= 11 is 6.13. The van der Waals surface area contributed by atoms with Crippen LogP contribution in [0.1, 0.15) is 17.4 Å². The van der Waals surface area contributed by atoms with Crippen molar-refractivity contribution in [2.24, 2.45) is 0 Å². The van der Waals surface area contributed by atoms with Gasteiger partial charge >= 0.3 is 0 Å². The van der Waals surface area contributed by atoms with Crippen molar-refractivity contribution in [1.82, 2.24) is 20.0 Å². The minimum Gasteiger partial charge on any atom is -0.463 e. The first kappa shape index (κ1) is 16.9. The fourth-order valence-electron chi connectivity index (χ4n) is 3.17. The van der Waals surface area contributed by atoms with Crippen molar-refractivity contribution in [3.8, 4) is 17.1 Å². The van der Waals surface area contributed by atoms with Gasteiger partial charge in [-0.1, -0.05) is 17.7 Å². The third-order valence-electron chi connectivity index (χ3n) is 4.41. The van der Waals surface area contributed by atoms with Crippen LogP contribution in [-0.4, -0.2) is 46.3 Å². The molecule has 4 rings (SSSR count). The van der Waals surface area contributed by atoms with E-state index >= 15 is 0 Å². The Kier molecular flexibility index (Phi) is 4.53. The second kappa shape index (κ2) is 6.97. The summed E-state index contributed by atoms with van der Waals surface area (Å²) in [6.07, 6.45) is 1.60. The largest absolute Gasteiger partial charge is 0.463 e. The van der Waals surface area contributed by atoms with E-state index in [1.54, 1.807) is 23.1 Å². The van der Waals surface area contributed by atoms with Crippen molar-refractivity contribution < 1.29 is 9.21 Å².